The SMILES string of the molecule is COCC(=O)CS(=O)c1cc(Cl)ccc1Cl. The number of halogens is 2. The monoisotopic (exact) mass is 280 g/mol. The van der Waals surface area contributed by atoms with E-state index in [2.05, 4.69) is 4.74 Å². The van der Waals surface area contributed by atoms with Crippen molar-refractivity contribution in [1.82, 2.24) is 0 Å². The number of hydrogen-bond donors (Lipinski definition) is 0. The molecule has 0 amide bonds. The van der Waals surface area contributed by atoms with Crippen LogP contribution in [0, 0.1) is 0 Å². The minimum Gasteiger partial charge on any atom is -0.377 e. The topological polar surface area (TPSA) is 43.4 Å². The molecule has 0 saturated carbocycles. The minimum atomic E-state index is -1.48. The number of Topliss-reactive ketones (excluding diaryl/α,β-unsaturated/α-hetero) is 1. The summed E-state index contributed by atoms with van der Waals surface area (Å²) in [5.41, 5.74) is 0. The van der Waals surface area contributed by atoms with Crippen molar-refractivity contribution in [3.63, 3.8) is 0 Å². The molecule has 0 bridgehead atoms. The van der Waals surface area contributed by atoms with Gasteiger partial charge in [0.25, 0.3) is 0 Å². The Balaban J connectivity index is 2.80. The van der Waals surface area contributed by atoms with Crippen LogP contribution in [0.15, 0.2) is 23.1 Å². The molecule has 16 heavy (non-hydrogen) atoms. The molecule has 3 nitrogen and oxygen atoms in total. The Hall–Kier alpha value is -0.420. The van der Waals surface area contributed by atoms with Crippen LogP contribution in [-0.2, 0) is 20.3 Å². The molecule has 0 N–H and O–H groups in total. The van der Waals surface area contributed by atoms with Gasteiger partial charge in [-0.3, -0.25) is 9.00 Å². The largest absolute Gasteiger partial charge is 0.377 e. The highest BCUT2D eigenvalue weighted by Gasteiger charge is 2.13. The molecular weight excluding hydrogens is 271 g/mol. The Bertz CT molecular complexity index is 421. The second kappa shape index (κ2) is 6.35. The van der Waals surface area contributed by atoms with Gasteiger partial charge in [-0.05, 0) is 18.2 Å². The lowest BCUT2D eigenvalue weighted by Crippen LogP contribution is -2.15. The van der Waals surface area contributed by atoms with Crippen molar-refractivity contribution in [2.75, 3.05) is 19.5 Å². The maximum atomic E-state index is 11.8. The lowest BCUT2D eigenvalue weighted by atomic mass is 10.4. The summed E-state index contributed by atoms with van der Waals surface area (Å²) in [4.78, 5) is 11.6. The van der Waals surface area contributed by atoms with Gasteiger partial charge < -0.3 is 4.74 Å². The van der Waals surface area contributed by atoms with E-state index in [-0.39, 0.29) is 18.1 Å². The van der Waals surface area contributed by atoms with Gasteiger partial charge in [0.05, 0.1) is 26.5 Å². The summed E-state index contributed by atoms with van der Waals surface area (Å²) in [5, 5.41) is 0.778. The molecule has 0 aliphatic carbocycles. The highest BCUT2D eigenvalue weighted by Crippen LogP contribution is 2.23. The maximum Gasteiger partial charge on any atom is 0.171 e. The minimum absolute atomic E-state index is 0.0517. The molecule has 0 heterocycles. The zero-order valence-corrected chi connectivity index (χ0v) is 10.9. The molecule has 0 spiro atoms. The van der Waals surface area contributed by atoms with Crippen LogP contribution >= 0.6 is 23.2 Å². The van der Waals surface area contributed by atoms with Crippen LogP contribution in [0.2, 0.25) is 10.0 Å². The fourth-order valence-electron chi connectivity index (χ4n) is 1.08. The van der Waals surface area contributed by atoms with Gasteiger partial charge in [0, 0.05) is 12.1 Å². The van der Waals surface area contributed by atoms with Crippen molar-refractivity contribution in [3.8, 4) is 0 Å². The quantitative estimate of drug-likeness (QED) is 0.832. The Kier molecular flexibility index (Phi) is 5.41. The Morgan fingerprint density at radius 1 is 1.44 bits per heavy atom. The molecule has 0 aliphatic heterocycles. The van der Waals surface area contributed by atoms with Crippen molar-refractivity contribution >= 4 is 39.8 Å². The first-order valence-corrected chi connectivity index (χ1v) is 6.46. The molecule has 1 atom stereocenters. The molecule has 0 saturated heterocycles. The van der Waals surface area contributed by atoms with Crippen LogP contribution in [-0.4, -0.2) is 29.5 Å². The van der Waals surface area contributed by atoms with E-state index >= 15 is 0 Å². The molecule has 0 aromatic heterocycles. The Labute approximate surface area is 106 Å². The summed E-state index contributed by atoms with van der Waals surface area (Å²) in [6, 6.07) is 4.65. The highest BCUT2D eigenvalue weighted by molar-refractivity contribution is 7.86. The van der Waals surface area contributed by atoms with E-state index in [1.807, 2.05) is 0 Å². The number of hydrogen-bond acceptors (Lipinski definition) is 3. The summed E-state index contributed by atoms with van der Waals surface area (Å²) in [6.45, 7) is -0.0517. The van der Waals surface area contributed by atoms with Gasteiger partial charge in [-0.25, -0.2) is 0 Å². The smallest absolute Gasteiger partial charge is 0.171 e. The number of ether oxygens (including phenoxy) is 1. The second-order valence-electron chi connectivity index (χ2n) is 3.04. The standard InChI is InChI=1S/C10H10Cl2O3S/c1-15-5-8(13)6-16(14)10-4-7(11)2-3-9(10)12/h2-4H,5-6H2,1H3. The van der Waals surface area contributed by atoms with E-state index < -0.39 is 10.8 Å². The van der Waals surface area contributed by atoms with Gasteiger partial charge in [-0.2, -0.15) is 0 Å². The predicted molar refractivity (Wildman–Crippen MR) is 64.6 cm³/mol. The van der Waals surface area contributed by atoms with Crippen LogP contribution in [0.1, 0.15) is 0 Å². The number of ketones is 1. The van der Waals surface area contributed by atoms with Crippen LogP contribution in [0.3, 0.4) is 0 Å². The van der Waals surface area contributed by atoms with E-state index in [4.69, 9.17) is 23.2 Å². The summed E-state index contributed by atoms with van der Waals surface area (Å²) in [6.07, 6.45) is 0. The van der Waals surface area contributed by atoms with Gasteiger partial charge in [0.1, 0.15) is 6.61 Å². The summed E-state index contributed by atoms with van der Waals surface area (Å²) in [7, 11) is -0.0729. The molecule has 0 fully saturated rings. The molecule has 6 heteroatoms. The van der Waals surface area contributed by atoms with Crippen LogP contribution < -0.4 is 0 Å². The first-order chi connectivity index (χ1) is 7.54. The van der Waals surface area contributed by atoms with E-state index in [0.717, 1.165) is 0 Å². The third-order valence-electron chi connectivity index (χ3n) is 1.74. The van der Waals surface area contributed by atoms with Crippen molar-refractivity contribution in [2.24, 2.45) is 0 Å². The van der Waals surface area contributed by atoms with Crippen molar-refractivity contribution < 1.29 is 13.7 Å². The van der Waals surface area contributed by atoms with E-state index in [0.29, 0.717) is 14.9 Å². The number of carbonyl (C=O) groups is 1. The molecule has 1 aromatic rings. The summed E-state index contributed by atoms with van der Waals surface area (Å²) in [5.74, 6) is -0.356. The van der Waals surface area contributed by atoms with Gasteiger partial charge in [-0.15, -0.1) is 0 Å². The Morgan fingerprint density at radius 3 is 2.75 bits per heavy atom. The van der Waals surface area contributed by atoms with Crippen LogP contribution in [0.4, 0.5) is 0 Å². The second-order valence-corrected chi connectivity index (χ2v) is 5.30. The average Bonchev–Trinajstić information content (AvgIpc) is 2.21. The normalized spacial score (nSPS) is 12.4. The fourth-order valence-corrected chi connectivity index (χ4v) is 2.77. The lowest BCUT2D eigenvalue weighted by Gasteiger charge is -2.04. The fraction of sp³-hybridized carbons (Fsp3) is 0.300. The maximum absolute atomic E-state index is 11.8. The zero-order valence-electron chi connectivity index (χ0n) is 8.54. The molecule has 0 radical (unpaired) electrons. The molecular formula is C10H10Cl2O3S. The van der Waals surface area contributed by atoms with Crippen LogP contribution in [0.5, 0.6) is 0 Å². The zero-order chi connectivity index (χ0) is 12.1. The third kappa shape index (κ3) is 3.87. The van der Waals surface area contributed by atoms with E-state index in [1.54, 1.807) is 12.1 Å². The molecule has 1 rings (SSSR count). The summed E-state index contributed by atoms with van der Waals surface area (Å²) >= 11 is 11.6. The molecule has 0 aliphatic rings. The van der Waals surface area contributed by atoms with E-state index in [1.165, 1.54) is 13.2 Å². The Morgan fingerprint density at radius 2 is 2.12 bits per heavy atom. The van der Waals surface area contributed by atoms with Gasteiger partial charge in [-0.1, -0.05) is 23.2 Å². The molecule has 1 unspecified atom stereocenters. The molecule has 1 aromatic carbocycles. The van der Waals surface area contributed by atoms with Crippen molar-refractivity contribution in [2.45, 2.75) is 4.90 Å². The van der Waals surface area contributed by atoms with Gasteiger partial charge >= 0.3 is 0 Å². The van der Waals surface area contributed by atoms with Gasteiger partial charge in [0.15, 0.2) is 5.78 Å². The first kappa shape index (κ1) is 13.6. The predicted octanol–water partition coefficient (Wildman–Crippen LogP) is 2.32. The van der Waals surface area contributed by atoms with Gasteiger partial charge in [0.2, 0.25) is 0 Å². The number of benzene rings is 1. The number of methoxy groups -OCH3 is 1. The van der Waals surface area contributed by atoms with Crippen molar-refractivity contribution in [1.29, 1.82) is 0 Å². The van der Waals surface area contributed by atoms with Crippen LogP contribution in [0.25, 0.3) is 0 Å². The lowest BCUT2D eigenvalue weighted by molar-refractivity contribution is -0.120. The molecule has 88 valence electrons. The number of rotatable bonds is 5. The van der Waals surface area contributed by atoms with E-state index in [9.17, 15) is 9.00 Å². The number of carbonyl (C=O) groups excluding carboxylic acids is 1. The first-order valence-electron chi connectivity index (χ1n) is 4.38. The van der Waals surface area contributed by atoms with Crippen molar-refractivity contribution in [3.05, 3.63) is 28.2 Å². The average molecular weight is 281 g/mol. The summed E-state index contributed by atoms with van der Waals surface area (Å²) < 4.78 is 16.4. The highest BCUT2D eigenvalue weighted by atomic mass is 35.5. The third-order valence-corrected chi connectivity index (χ3v) is 3.83.